The molecule has 0 bridgehead atoms. The Morgan fingerprint density at radius 2 is 1.91 bits per heavy atom. The molecule has 2 aromatic rings. The first kappa shape index (κ1) is 23.0. The predicted octanol–water partition coefficient (Wildman–Crippen LogP) is 2.77. The van der Waals surface area contributed by atoms with Crippen molar-refractivity contribution in [3.05, 3.63) is 52.1 Å². The largest absolute Gasteiger partial charge is 0.454 e. The lowest BCUT2D eigenvalue weighted by Gasteiger charge is -2.26. The highest BCUT2D eigenvalue weighted by Crippen LogP contribution is 2.33. The summed E-state index contributed by atoms with van der Waals surface area (Å²) in [5.74, 6) is 1.43. The molecule has 0 unspecified atom stereocenters. The van der Waals surface area contributed by atoms with Crippen LogP contribution in [-0.4, -0.2) is 56.5 Å². The van der Waals surface area contributed by atoms with Gasteiger partial charge in [-0.05, 0) is 49.6 Å². The summed E-state index contributed by atoms with van der Waals surface area (Å²) in [4.78, 5) is 10.8. The van der Waals surface area contributed by atoms with Crippen molar-refractivity contribution < 1.29 is 27.6 Å². The molecular weight excluding hydrogens is 452 g/mol. The number of hydrazone groups is 1. The lowest BCUT2D eigenvalue weighted by atomic mass is 10.1. The molecule has 176 valence electrons. The zero-order chi connectivity index (χ0) is 23.4. The van der Waals surface area contributed by atoms with Gasteiger partial charge in [-0.1, -0.05) is 6.07 Å². The molecule has 0 atom stereocenters. The topological polar surface area (TPSA) is 133 Å². The third kappa shape index (κ3) is 5.24. The van der Waals surface area contributed by atoms with Gasteiger partial charge in [0, 0.05) is 24.9 Å². The van der Waals surface area contributed by atoms with Crippen LogP contribution in [0.15, 0.2) is 46.4 Å². The fraction of sp³-hybridized carbons (Fsp3) is 0.381. The number of benzene rings is 2. The van der Waals surface area contributed by atoms with Gasteiger partial charge in [-0.2, -0.15) is 9.41 Å². The minimum absolute atomic E-state index is 0.114. The van der Waals surface area contributed by atoms with Crippen molar-refractivity contribution in [2.75, 3.05) is 38.5 Å². The van der Waals surface area contributed by atoms with Gasteiger partial charge in [-0.25, -0.2) is 8.42 Å². The first-order valence-electron chi connectivity index (χ1n) is 10.4. The second-order valence-corrected chi connectivity index (χ2v) is 9.54. The van der Waals surface area contributed by atoms with E-state index >= 15 is 0 Å². The van der Waals surface area contributed by atoms with Crippen molar-refractivity contribution in [1.29, 1.82) is 0 Å². The van der Waals surface area contributed by atoms with Gasteiger partial charge in [0.15, 0.2) is 11.5 Å². The zero-order valence-electron chi connectivity index (χ0n) is 18.0. The van der Waals surface area contributed by atoms with Crippen LogP contribution in [0, 0.1) is 10.1 Å². The molecule has 2 heterocycles. The zero-order valence-corrected chi connectivity index (χ0v) is 18.8. The predicted molar refractivity (Wildman–Crippen MR) is 120 cm³/mol. The van der Waals surface area contributed by atoms with Crippen molar-refractivity contribution in [3.63, 3.8) is 0 Å². The van der Waals surface area contributed by atoms with E-state index in [2.05, 4.69) is 10.5 Å². The molecule has 0 amide bonds. The number of nitrogens with one attached hydrogen (secondary N) is 1. The monoisotopic (exact) mass is 476 g/mol. The Balaban J connectivity index is 1.44. The number of nitro benzene ring substituents is 1. The number of fused-ring (bicyclic) bond motifs is 1. The van der Waals surface area contributed by atoms with Gasteiger partial charge < -0.3 is 14.2 Å². The summed E-state index contributed by atoms with van der Waals surface area (Å²) >= 11 is 0. The summed E-state index contributed by atoms with van der Waals surface area (Å²) < 4.78 is 42.8. The second kappa shape index (κ2) is 9.73. The van der Waals surface area contributed by atoms with Gasteiger partial charge >= 0.3 is 0 Å². The summed E-state index contributed by atoms with van der Waals surface area (Å²) in [5, 5.41) is 15.8. The van der Waals surface area contributed by atoms with Crippen LogP contribution in [0.1, 0.15) is 18.9 Å². The molecule has 0 spiro atoms. The van der Waals surface area contributed by atoms with Crippen LogP contribution < -0.4 is 14.9 Å². The van der Waals surface area contributed by atoms with E-state index in [0.29, 0.717) is 31.8 Å². The fourth-order valence-electron chi connectivity index (χ4n) is 3.49. The van der Waals surface area contributed by atoms with Gasteiger partial charge in [0.2, 0.25) is 16.8 Å². The minimum atomic E-state index is -3.84. The lowest BCUT2D eigenvalue weighted by molar-refractivity contribution is -0.384. The molecule has 4 rings (SSSR count). The maximum atomic E-state index is 12.8. The highest BCUT2D eigenvalue weighted by atomic mass is 32.2. The van der Waals surface area contributed by atoms with E-state index in [1.165, 1.54) is 16.4 Å². The molecule has 1 N–H and O–H groups in total. The number of nitrogens with zero attached hydrogens (tertiary/aromatic N) is 3. The summed E-state index contributed by atoms with van der Waals surface area (Å²) in [6.45, 7) is 3.03. The molecular formula is C21H24N4O7S. The molecule has 0 aromatic heterocycles. The molecule has 1 fully saturated rings. The maximum absolute atomic E-state index is 12.8. The Morgan fingerprint density at radius 1 is 1.15 bits per heavy atom. The van der Waals surface area contributed by atoms with E-state index in [4.69, 9.17) is 14.2 Å². The smallest absolute Gasteiger partial charge is 0.295 e. The Hall–Kier alpha value is -3.22. The van der Waals surface area contributed by atoms with Crippen LogP contribution in [0.3, 0.4) is 0 Å². The third-order valence-corrected chi connectivity index (χ3v) is 7.25. The van der Waals surface area contributed by atoms with E-state index in [0.717, 1.165) is 23.1 Å². The van der Waals surface area contributed by atoms with Crippen LogP contribution in [-0.2, 0) is 21.2 Å². The van der Waals surface area contributed by atoms with Crippen molar-refractivity contribution in [1.82, 2.24) is 4.31 Å². The highest BCUT2D eigenvalue weighted by Gasteiger charge is 2.29. The van der Waals surface area contributed by atoms with Crippen molar-refractivity contribution in [2.45, 2.75) is 24.7 Å². The van der Waals surface area contributed by atoms with Crippen LogP contribution >= 0.6 is 0 Å². The first-order chi connectivity index (χ1) is 15.8. The highest BCUT2D eigenvalue weighted by molar-refractivity contribution is 7.89. The van der Waals surface area contributed by atoms with Gasteiger partial charge in [-0.3, -0.25) is 15.5 Å². The lowest BCUT2D eigenvalue weighted by Crippen LogP contribution is -2.40. The normalized spacial score (nSPS) is 16.6. The third-order valence-electron chi connectivity index (χ3n) is 5.35. The van der Waals surface area contributed by atoms with E-state index < -0.39 is 14.9 Å². The van der Waals surface area contributed by atoms with Gasteiger partial charge in [0.05, 0.1) is 23.0 Å². The van der Waals surface area contributed by atoms with E-state index in [1.807, 2.05) is 25.1 Å². The summed E-state index contributed by atoms with van der Waals surface area (Å²) in [6.07, 6.45) is 1.32. The number of ether oxygens (including phenoxy) is 3. The quantitative estimate of drug-likeness (QED) is 0.349. The Morgan fingerprint density at radius 3 is 2.67 bits per heavy atom. The van der Waals surface area contributed by atoms with Crippen LogP contribution in [0.25, 0.3) is 0 Å². The van der Waals surface area contributed by atoms with Crippen molar-refractivity contribution in [3.8, 4) is 11.5 Å². The fourth-order valence-corrected chi connectivity index (χ4v) is 4.92. The molecule has 2 aliphatic rings. The summed E-state index contributed by atoms with van der Waals surface area (Å²) in [6, 6.07) is 9.49. The molecule has 2 aliphatic heterocycles. The summed E-state index contributed by atoms with van der Waals surface area (Å²) in [5.41, 5.74) is 4.24. The molecule has 0 aliphatic carbocycles. The molecule has 11 nitrogen and oxygen atoms in total. The maximum Gasteiger partial charge on any atom is 0.295 e. The molecule has 33 heavy (non-hydrogen) atoms. The number of nitro groups is 1. The average molecular weight is 477 g/mol. The second-order valence-electron chi connectivity index (χ2n) is 7.60. The molecule has 1 saturated heterocycles. The molecule has 12 heteroatoms. The number of morpholine rings is 1. The Kier molecular flexibility index (Phi) is 6.77. The van der Waals surface area contributed by atoms with Gasteiger partial charge in [-0.15, -0.1) is 0 Å². The molecule has 0 saturated carbocycles. The average Bonchev–Trinajstić information content (AvgIpc) is 3.29. The number of rotatable bonds is 8. The SMILES string of the molecule is C/C(CCc1ccc2c(c1)OCO2)=N\Nc1ccc(S(=O)(=O)N2CCOCC2)cc1[N+](=O)[O-]. The Labute approximate surface area is 191 Å². The van der Waals surface area contributed by atoms with Crippen molar-refractivity contribution >= 4 is 27.1 Å². The van der Waals surface area contributed by atoms with Crippen LogP contribution in [0.4, 0.5) is 11.4 Å². The molecule has 0 radical (unpaired) electrons. The number of hydrogen-bond donors (Lipinski definition) is 1. The first-order valence-corrected chi connectivity index (χ1v) is 11.8. The number of aryl methyl sites for hydroxylation is 1. The van der Waals surface area contributed by atoms with Gasteiger partial charge in [0.25, 0.3) is 5.69 Å². The van der Waals surface area contributed by atoms with Gasteiger partial charge in [0.1, 0.15) is 5.69 Å². The summed E-state index contributed by atoms with van der Waals surface area (Å²) in [7, 11) is -3.84. The van der Waals surface area contributed by atoms with E-state index in [-0.39, 0.29) is 36.2 Å². The van der Waals surface area contributed by atoms with Crippen LogP contribution in [0.2, 0.25) is 0 Å². The number of sulfonamides is 1. The van der Waals surface area contributed by atoms with Crippen LogP contribution in [0.5, 0.6) is 11.5 Å². The molecule has 2 aromatic carbocycles. The van der Waals surface area contributed by atoms with E-state index in [1.54, 1.807) is 0 Å². The standard InChI is InChI=1S/C21H24N4O7S/c1-15(2-3-16-4-7-20-21(12-16)32-14-31-20)22-23-18-6-5-17(13-19(18)25(26)27)33(28,29)24-8-10-30-11-9-24/h4-7,12-13,23H,2-3,8-11,14H2,1H3/b22-15+. The Bertz CT molecular complexity index is 1180. The number of anilines is 1. The van der Waals surface area contributed by atoms with E-state index in [9.17, 15) is 18.5 Å². The minimum Gasteiger partial charge on any atom is -0.454 e. The number of hydrogen-bond acceptors (Lipinski definition) is 9. The van der Waals surface area contributed by atoms with Crippen molar-refractivity contribution in [2.24, 2.45) is 5.10 Å².